The van der Waals surface area contributed by atoms with Crippen LogP contribution in [0.1, 0.15) is 10.4 Å². The van der Waals surface area contributed by atoms with Crippen LogP contribution in [0.4, 0.5) is 0 Å². The van der Waals surface area contributed by atoms with Crippen molar-refractivity contribution in [1.29, 1.82) is 0 Å². The molecule has 2 rings (SSSR count). The molecule has 16 heavy (non-hydrogen) atoms. The van der Waals surface area contributed by atoms with Gasteiger partial charge in [-0.1, -0.05) is 18.2 Å². The molecule has 82 valence electrons. The van der Waals surface area contributed by atoms with E-state index in [2.05, 4.69) is 9.97 Å². The molecule has 4 N–H and O–H groups in total. The van der Waals surface area contributed by atoms with Crippen LogP contribution in [-0.2, 0) is 0 Å². The number of nitrogens with one attached hydrogen (secondary N) is 2. The average Bonchev–Trinajstić information content (AvgIpc) is 2.75. The number of ketones is 1. The normalized spacial score (nSPS) is 10.3. The molecule has 0 aliphatic carbocycles. The molecule has 1 aromatic heterocycles. The molecule has 0 unspecified atom stereocenters. The topological polar surface area (TPSA) is 91.7 Å². The summed E-state index contributed by atoms with van der Waals surface area (Å²) in [5.74, 6) is -0.125. The van der Waals surface area contributed by atoms with Gasteiger partial charge in [-0.15, -0.1) is 0 Å². The smallest absolute Gasteiger partial charge is 0.323 e. The number of aromatic amines is 2. The zero-order chi connectivity index (χ0) is 11.5. The van der Waals surface area contributed by atoms with Crippen molar-refractivity contribution in [1.82, 2.24) is 9.97 Å². The number of H-pyrrole nitrogens is 2. The Labute approximate surface area is 91.3 Å². The molecular weight excluding hydrogens is 206 g/mol. The second kappa shape index (κ2) is 4.16. The zero-order valence-electron chi connectivity index (χ0n) is 8.49. The highest BCUT2D eigenvalue weighted by atomic mass is 16.1. The molecule has 0 fully saturated rings. The summed E-state index contributed by atoms with van der Waals surface area (Å²) in [6.07, 6.45) is 1.56. The summed E-state index contributed by atoms with van der Waals surface area (Å²) in [7, 11) is 0. The highest BCUT2D eigenvalue weighted by molar-refractivity contribution is 5.98. The van der Waals surface area contributed by atoms with E-state index < -0.39 is 0 Å². The number of Topliss-reactive ketones (excluding diaryl/α,β-unsaturated/α-hetero) is 1. The molecule has 1 aromatic carbocycles. The third-order valence-electron chi connectivity index (χ3n) is 2.28. The molecule has 0 aliphatic heterocycles. The largest absolute Gasteiger partial charge is 0.324 e. The van der Waals surface area contributed by atoms with Gasteiger partial charge in [-0.05, 0) is 6.07 Å². The van der Waals surface area contributed by atoms with Crippen molar-refractivity contribution in [2.24, 2.45) is 5.73 Å². The van der Waals surface area contributed by atoms with Crippen LogP contribution in [0, 0.1) is 0 Å². The number of benzene rings is 1. The Kier molecular flexibility index (Phi) is 2.70. The van der Waals surface area contributed by atoms with Crippen molar-refractivity contribution < 1.29 is 4.79 Å². The molecule has 5 nitrogen and oxygen atoms in total. The van der Waals surface area contributed by atoms with Crippen LogP contribution in [0.5, 0.6) is 0 Å². The maximum Gasteiger partial charge on any atom is 0.323 e. The van der Waals surface area contributed by atoms with Crippen molar-refractivity contribution in [3.8, 4) is 11.3 Å². The van der Waals surface area contributed by atoms with Gasteiger partial charge in [-0.3, -0.25) is 4.79 Å². The summed E-state index contributed by atoms with van der Waals surface area (Å²) in [5, 5.41) is 0. The third kappa shape index (κ3) is 1.94. The lowest BCUT2D eigenvalue weighted by molar-refractivity contribution is 0.100. The number of imidazole rings is 1. The fourth-order valence-electron chi connectivity index (χ4n) is 1.47. The summed E-state index contributed by atoms with van der Waals surface area (Å²) in [4.78, 5) is 27.5. The van der Waals surface area contributed by atoms with Gasteiger partial charge in [-0.25, -0.2) is 4.79 Å². The van der Waals surface area contributed by atoms with Crippen LogP contribution < -0.4 is 11.4 Å². The first-order chi connectivity index (χ1) is 7.70. The maximum atomic E-state index is 11.4. The first kappa shape index (κ1) is 10.4. The van der Waals surface area contributed by atoms with Gasteiger partial charge in [0.05, 0.1) is 12.2 Å². The summed E-state index contributed by atoms with van der Waals surface area (Å²) < 4.78 is 0. The lowest BCUT2D eigenvalue weighted by Crippen LogP contribution is -2.13. The fourth-order valence-corrected chi connectivity index (χ4v) is 1.47. The summed E-state index contributed by atoms with van der Waals surface area (Å²) in [6.45, 7) is -0.0207. The van der Waals surface area contributed by atoms with Crippen molar-refractivity contribution >= 4 is 5.78 Å². The number of aromatic nitrogens is 2. The monoisotopic (exact) mass is 217 g/mol. The lowest BCUT2D eigenvalue weighted by atomic mass is 10.1. The molecule has 5 heteroatoms. The second-order valence-electron chi connectivity index (χ2n) is 3.36. The van der Waals surface area contributed by atoms with Gasteiger partial charge >= 0.3 is 5.69 Å². The molecule has 0 bridgehead atoms. The number of rotatable bonds is 3. The van der Waals surface area contributed by atoms with E-state index in [1.54, 1.807) is 24.4 Å². The number of hydrogen-bond donors (Lipinski definition) is 3. The summed E-state index contributed by atoms with van der Waals surface area (Å²) >= 11 is 0. The number of hydrogen-bond acceptors (Lipinski definition) is 3. The highest BCUT2D eigenvalue weighted by Gasteiger charge is 2.06. The molecule has 0 aliphatic rings. The van der Waals surface area contributed by atoms with Crippen LogP contribution in [-0.4, -0.2) is 22.3 Å². The fraction of sp³-hybridized carbons (Fsp3) is 0.0909. The Morgan fingerprint density at radius 3 is 2.81 bits per heavy atom. The van der Waals surface area contributed by atoms with Gasteiger partial charge in [0, 0.05) is 17.3 Å². The van der Waals surface area contributed by atoms with E-state index >= 15 is 0 Å². The molecule has 0 saturated carbocycles. The van der Waals surface area contributed by atoms with Crippen molar-refractivity contribution in [2.45, 2.75) is 0 Å². The van der Waals surface area contributed by atoms with E-state index in [9.17, 15) is 9.59 Å². The van der Waals surface area contributed by atoms with Gasteiger partial charge in [0.15, 0.2) is 5.78 Å². The molecule has 2 aromatic rings. The van der Waals surface area contributed by atoms with E-state index in [0.29, 0.717) is 11.3 Å². The first-order valence-corrected chi connectivity index (χ1v) is 4.82. The van der Waals surface area contributed by atoms with Crippen LogP contribution in [0.2, 0.25) is 0 Å². The van der Waals surface area contributed by atoms with E-state index in [1.165, 1.54) is 0 Å². The predicted molar refractivity (Wildman–Crippen MR) is 60.2 cm³/mol. The maximum absolute atomic E-state index is 11.4. The Morgan fingerprint density at radius 1 is 1.38 bits per heavy atom. The minimum absolute atomic E-state index is 0.0207. The SMILES string of the molecule is NCC(=O)c1cccc(-c2c[nH]c(=O)[nH]2)c1. The van der Waals surface area contributed by atoms with Crippen LogP contribution in [0.3, 0.4) is 0 Å². The summed E-state index contributed by atoms with van der Waals surface area (Å²) in [6, 6.07) is 6.97. The minimum Gasteiger partial charge on any atom is -0.324 e. The molecule has 1 heterocycles. The number of carbonyl (C=O) groups is 1. The second-order valence-corrected chi connectivity index (χ2v) is 3.36. The van der Waals surface area contributed by atoms with Crippen molar-refractivity contribution in [3.63, 3.8) is 0 Å². The molecule has 0 atom stereocenters. The lowest BCUT2D eigenvalue weighted by Gasteiger charge is -2.01. The molecule has 0 saturated heterocycles. The predicted octanol–water partition coefficient (Wildman–Crippen LogP) is 0.511. The molecular formula is C11H11N3O2. The van der Waals surface area contributed by atoms with Crippen LogP contribution in [0.15, 0.2) is 35.3 Å². The van der Waals surface area contributed by atoms with Gasteiger partial charge in [0.1, 0.15) is 0 Å². The van der Waals surface area contributed by atoms with E-state index in [-0.39, 0.29) is 18.0 Å². The molecule has 0 amide bonds. The Hall–Kier alpha value is -2.14. The number of nitrogens with two attached hydrogens (primary N) is 1. The Bertz CT molecular complexity index is 568. The number of carbonyl (C=O) groups excluding carboxylic acids is 1. The van der Waals surface area contributed by atoms with Crippen LogP contribution >= 0.6 is 0 Å². The molecule has 0 radical (unpaired) electrons. The summed E-state index contributed by atoms with van der Waals surface area (Å²) in [5.41, 5.74) is 6.98. The van der Waals surface area contributed by atoms with E-state index in [4.69, 9.17) is 5.73 Å². The first-order valence-electron chi connectivity index (χ1n) is 4.82. The highest BCUT2D eigenvalue weighted by Crippen LogP contribution is 2.16. The van der Waals surface area contributed by atoms with E-state index in [0.717, 1.165) is 5.56 Å². The van der Waals surface area contributed by atoms with Crippen molar-refractivity contribution in [2.75, 3.05) is 6.54 Å². The Balaban J connectivity index is 2.43. The van der Waals surface area contributed by atoms with E-state index in [1.807, 2.05) is 6.07 Å². The molecule has 0 spiro atoms. The van der Waals surface area contributed by atoms with Gasteiger partial charge in [0.2, 0.25) is 0 Å². The standard InChI is InChI=1S/C11H11N3O2/c12-5-10(15)8-3-1-2-7(4-8)9-6-13-11(16)14-9/h1-4,6H,5,12H2,(H2,13,14,16). The minimum atomic E-state index is -0.273. The third-order valence-corrected chi connectivity index (χ3v) is 2.28. The quantitative estimate of drug-likeness (QED) is 0.654. The zero-order valence-corrected chi connectivity index (χ0v) is 8.49. The Morgan fingerprint density at radius 2 is 2.19 bits per heavy atom. The van der Waals surface area contributed by atoms with Gasteiger partial charge in [0.25, 0.3) is 0 Å². The van der Waals surface area contributed by atoms with Gasteiger partial charge < -0.3 is 15.7 Å². The van der Waals surface area contributed by atoms with Gasteiger partial charge in [-0.2, -0.15) is 0 Å². The van der Waals surface area contributed by atoms with Crippen LogP contribution in [0.25, 0.3) is 11.3 Å². The average molecular weight is 217 g/mol. The van der Waals surface area contributed by atoms with Crippen molar-refractivity contribution in [3.05, 3.63) is 46.5 Å².